The molecule has 9 heteroatoms. The van der Waals surface area contributed by atoms with Gasteiger partial charge in [-0.25, -0.2) is 19.4 Å². The number of aliphatic carboxylic acids is 1. The Balaban J connectivity index is 1.38. The smallest absolute Gasteiger partial charge is 0.328 e. The van der Waals surface area contributed by atoms with E-state index in [4.69, 9.17) is 9.84 Å². The van der Waals surface area contributed by atoms with Crippen LogP contribution in [-0.4, -0.2) is 45.5 Å². The van der Waals surface area contributed by atoms with Crippen molar-refractivity contribution in [1.29, 1.82) is 0 Å². The van der Waals surface area contributed by atoms with Gasteiger partial charge in [0.05, 0.1) is 6.20 Å². The van der Waals surface area contributed by atoms with E-state index in [0.29, 0.717) is 18.4 Å². The molecule has 0 fully saturated rings. The Bertz CT molecular complexity index is 1380. The minimum Gasteiger partial charge on any atom is -0.478 e. The van der Waals surface area contributed by atoms with Gasteiger partial charge in [0.25, 0.3) is 0 Å². The van der Waals surface area contributed by atoms with E-state index in [-0.39, 0.29) is 0 Å². The average molecular weight is 514 g/mol. The number of benzene rings is 2. The van der Waals surface area contributed by atoms with Gasteiger partial charge in [-0.3, -0.25) is 0 Å². The highest BCUT2D eigenvalue weighted by Crippen LogP contribution is 2.24. The molecule has 0 saturated heterocycles. The van der Waals surface area contributed by atoms with Crippen LogP contribution in [0.15, 0.2) is 79.3 Å². The van der Waals surface area contributed by atoms with E-state index in [1.165, 1.54) is 0 Å². The molecule has 0 aliphatic rings. The van der Waals surface area contributed by atoms with E-state index in [2.05, 4.69) is 40.0 Å². The molecule has 8 nitrogen and oxygen atoms in total. The summed E-state index contributed by atoms with van der Waals surface area (Å²) in [5.41, 5.74) is 4.55. The van der Waals surface area contributed by atoms with Crippen LogP contribution in [-0.2, 0) is 16.3 Å². The van der Waals surface area contributed by atoms with Crippen molar-refractivity contribution in [3.8, 4) is 22.5 Å². The van der Waals surface area contributed by atoms with Crippen molar-refractivity contribution in [1.82, 2.24) is 19.7 Å². The molecule has 37 heavy (non-hydrogen) atoms. The van der Waals surface area contributed by atoms with Crippen molar-refractivity contribution < 1.29 is 14.6 Å². The molecule has 0 unspecified atom stereocenters. The first-order valence-corrected chi connectivity index (χ1v) is 15.8. The second kappa shape index (κ2) is 11.8. The molecular weight excluding hydrogens is 482 g/mol. The maximum absolute atomic E-state index is 10.8. The van der Waals surface area contributed by atoms with Crippen LogP contribution in [0, 0.1) is 0 Å². The summed E-state index contributed by atoms with van der Waals surface area (Å²) in [5, 5.41) is 16.6. The van der Waals surface area contributed by atoms with Gasteiger partial charge >= 0.3 is 5.97 Å². The molecule has 0 aliphatic carbocycles. The second-order valence-corrected chi connectivity index (χ2v) is 15.5. The van der Waals surface area contributed by atoms with Crippen LogP contribution in [0.1, 0.15) is 5.56 Å². The molecule has 0 bridgehead atoms. The maximum atomic E-state index is 10.8. The highest BCUT2D eigenvalue weighted by Gasteiger charge is 2.12. The predicted molar refractivity (Wildman–Crippen MR) is 149 cm³/mol. The zero-order valence-corrected chi connectivity index (χ0v) is 22.3. The summed E-state index contributed by atoms with van der Waals surface area (Å²) in [4.78, 5) is 19.8. The zero-order valence-electron chi connectivity index (χ0n) is 21.3. The molecule has 4 rings (SSSR count). The number of ether oxygens (including phenoxy) is 1. The van der Waals surface area contributed by atoms with Crippen LogP contribution < -0.4 is 5.32 Å². The molecule has 190 valence electrons. The summed E-state index contributed by atoms with van der Waals surface area (Å²) in [6.07, 6.45) is 8.18. The molecule has 2 N–H and O–H groups in total. The number of anilines is 2. The minimum atomic E-state index is -1.09. The van der Waals surface area contributed by atoms with Gasteiger partial charge in [-0.15, -0.1) is 0 Å². The number of aromatic nitrogens is 4. The van der Waals surface area contributed by atoms with Gasteiger partial charge in [-0.1, -0.05) is 50.0 Å². The molecule has 4 aromatic rings. The summed E-state index contributed by atoms with van der Waals surface area (Å²) in [6.45, 7) is 8.25. The van der Waals surface area contributed by atoms with E-state index in [9.17, 15) is 4.79 Å². The first-order valence-electron chi connectivity index (χ1n) is 12.1. The number of nitrogens with zero attached hydrogens (tertiary/aromatic N) is 4. The molecule has 0 spiro atoms. The van der Waals surface area contributed by atoms with Gasteiger partial charge in [0.15, 0.2) is 5.82 Å². The van der Waals surface area contributed by atoms with Crippen molar-refractivity contribution in [2.24, 2.45) is 0 Å². The Morgan fingerprint density at radius 1 is 1.08 bits per heavy atom. The van der Waals surface area contributed by atoms with Gasteiger partial charge in [-0.2, -0.15) is 5.10 Å². The minimum absolute atomic E-state index is 0.457. The number of nitrogens with one attached hydrogen (secondary N) is 1. The zero-order chi connectivity index (χ0) is 26.3. The van der Waals surface area contributed by atoms with Gasteiger partial charge < -0.3 is 15.2 Å². The molecule has 0 saturated carbocycles. The van der Waals surface area contributed by atoms with Crippen LogP contribution in [0.25, 0.3) is 28.6 Å². The lowest BCUT2D eigenvalue weighted by Crippen LogP contribution is -2.22. The van der Waals surface area contributed by atoms with E-state index in [1.807, 2.05) is 65.6 Å². The van der Waals surface area contributed by atoms with Gasteiger partial charge in [-0.05, 0) is 47.5 Å². The third-order valence-electron chi connectivity index (χ3n) is 5.56. The van der Waals surface area contributed by atoms with Gasteiger partial charge in [0.1, 0.15) is 12.5 Å². The van der Waals surface area contributed by atoms with Crippen molar-refractivity contribution in [3.05, 3.63) is 84.8 Å². The summed E-state index contributed by atoms with van der Waals surface area (Å²) >= 11 is 0. The van der Waals surface area contributed by atoms with Crippen LogP contribution in [0.3, 0.4) is 0 Å². The van der Waals surface area contributed by atoms with Crippen molar-refractivity contribution >= 4 is 31.6 Å². The number of carboxylic acid groups (broad SMARTS) is 1. The third-order valence-corrected chi connectivity index (χ3v) is 7.27. The largest absolute Gasteiger partial charge is 0.478 e. The van der Waals surface area contributed by atoms with E-state index < -0.39 is 14.0 Å². The molecule has 0 radical (unpaired) electrons. The van der Waals surface area contributed by atoms with E-state index in [0.717, 1.165) is 46.7 Å². The molecular formula is C28H31N5O3Si. The lowest BCUT2D eigenvalue weighted by molar-refractivity contribution is -0.131. The summed E-state index contributed by atoms with van der Waals surface area (Å²) < 4.78 is 7.61. The van der Waals surface area contributed by atoms with Crippen LogP contribution in [0.2, 0.25) is 25.7 Å². The third kappa shape index (κ3) is 7.96. The molecule has 2 aromatic heterocycles. The van der Waals surface area contributed by atoms with Gasteiger partial charge in [0.2, 0.25) is 0 Å². The lowest BCUT2D eigenvalue weighted by Gasteiger charge is -2.15. The molecule has 0 aliphatic heterocycles. The number of carbonyl (C=O) groups is 1. The highest BCUT2D eigenvalue weighted by molar-refractivity contribution is 6.76. The Morgan fingerprint density at radius 3 is 2.65 bits per heavy atom. The SMILES string of the molecule is C[Si](C)(C)CCOCn1cc(-c2ccc(Nc3ccnc(-c4cccc(/C=C/C(=O)O)c4)n3)cc2)cn1. The topological polar surface area (TPSA) is 102 Å². The van der Waals surface area contributed by atoms with Crippen LogP contribution >= 0.6 is 0 Å². The Kier molecular flexibility index (Phi) is 8.27. The average Bonchev–Trinajstić information content (AvgIpc) is 3.35. The number of carboxylic acids is 1. The van der Waals surface area contributed by atoms with Crippen LogP contribution in [0.5, 0.6) is 0 Å². The van der Waals surface area contributed by atoms with Crippen molar-refractivity contribution in [3.63, 3.8) is 0 Å². The fraction of sp³-hybridized carbons (Fsp3) is 0.214. The summed E-state index contributed by atoms with van der Waals surface area (Å²) in [6, 6.07) is 18.4. The molecule has 2 aromatic carbocycles. The normalized spacial score (nSPS) is 11.6. The first kappa shape index (κ1) is 26.0. The predicted octanol–water partition coefficient (Wildman–Crippen LogP) is 6.16. The quantitative estimate of drug-likeness (QED) is 0.141. The fourth-order valence-electron chi connectivity index (χ4n) is 3.53. The lowest BCUT2D eigenvalue weighted by atomic mass is 10.1. The van der Waals surface area contributed by atoms with Gasteiger partial charge in [0, 0.05) is 50.0 Å². The molecule has 0 amide bonds. The fourth-order valence-corrected chi connectivity index (χ4v) is 4.29. The maximum Gasteiger partial charge on any atom is 0.328 e. The monoisotopic (exact) mass is 513 g/mol. The number of rotatable bonds is 11. The Hall–Kier alpha value is -4.08. The Labute approximate surface area is 217 Å². The molecule has 0 atom stereocenters. The van der Waals surface area contributed by atoms with Crippen molar-refractivity contribution in [2.45, 2.75) is 32.4 Å². The van der Waals surface area contributed by atoms with Crippen molar-refractivity contribution in [2.75, 3.05) is 11.9 Å². The molecule has 2 heterocycles. The Morgan fingerprint density at radius 2 is 1.89 bits per heavy atom. The highest BCUT2D eigenvalue weighted by atomic mass is 28.3. The summed E-state index contributed by atoms with van der Waals surface area (Å²) in [7, 11) is -1.09. The van der Waals surface area contributed by atoms with E-state index >= 15 is 0 Å². The standard InChI is InChI=1S/C28H31N5O3Si/c1-37(2,3)16-15-36-20-33-19-24(18-30-33)22-8-10-25(11-9-22)31-26-13-14-29-28(32-26)23-6-4-5-21(17-23)7-12-27(34)35/h4-14,17-19H,15-16,20H2,1-3H3,(H,34,35)(H,29,31,32)/b12-7+. The number of hydrogen-bond acceptors (Lipinski definition) is 6. The van der Waals surface area contributed by atoms with E-state index in [1.54, 1.807) is 18.3 Å². The number of hydrogen-bond donors (Lipinski definition) is 2. The summed E-state index contributed by atoms with van der Waals surface area (Å²) in [5.74, 6) is 0.216. The van der Waals surface area contributed by atoms with Crippen LogP contribution in [0.4, 0.5) is 11.5 Å². The second-order valence-electron chi connectivity index (χ2n) is 9.88. The first-order chi connectivity index (χ1) is 17.7.